The highest BCUT2D eigenvalue weighted by Crippen LogP contribution is 2.27. The largest absolute Gasteiger partial charge is 0.389 e. The van der Waals surface area contributed by atoms with Gasteiger partial charge in [0.25, 0.3) is 0 Å². The fourth-order valence-corrected chi connectivity index (χ4v) is 2.22. The molecule has 0 aromatic rings. The molecule has 4 heteroatoms. The molecule has 100 valence electrons. The summed E-state index contributed by atoms with van der Waals surface area (Å²) >= 11 is 0. The Kier molecular flexibility index (Phi) is 5.92. The van der Waals surface area contributed by atoms with Crippen LogP contribution < -0.4 is 10.6 Å². The average molecular weight is 242 g/mol. The third-order valence-corrected chi connectivity index (χ3v) is 3.54. The van der Waals surface area contributed by atoms with Crippen molar-refractivity contribution in [2.24, 2.45) is 0 Å². The molecule has 3 N–H and O–H groups in total. The van der Waals surface area contributed by atoms with E-state index in [4.69, 9.17) is 0 Å². The van der Waals surface area contributed by atoms with Crippen molar-refractivity contribution < 1.29 is 9.90 Å². The Balaban J connectivity index is 2.16. The summed E-state index contributed by atoms with van der Waals surface area (Å²) < 4.78 is 0. The molecule has 1 amide bonds. The molecule has 0 aromatic heterocycles. The molecule has 0 spiro atoms. The summed E-state index contributed by atoms with van der Waals surface area (Å²) in [6, 6.07) is 0.224. The topological polar surface area (TPSA) is 61.4 Å². The summed E-state index contributed by atoms with van der Waals surface area (Å²) in [5.74, 6) is 0.0127. The molecular formula is C13H26N2O2. The highest BCUT2D eigenvalue weighted by Gasteiger charge is 2.28. The van der Waals surface area contributed by atoms with Gasteiger partial charge in [0.1, 0.15) is 0 Å². The van der Waals surface area contributed by atoms with Gasteiger partial charge in [-0.15, -0.1) is 0 Å². The Hall–Kier alpha value is -0.610. The Bertz CT molecular complexity index is 238. The zero-order valence-corrected chi connectivity index (χ0v) is 11.1. The maximum Gasteiger partial charge on any atom is 0.234 e. The van der Waals surface area contributed by atoms with Crippen LogP contribution in [0.15, 0.2) is 0 Å². The second-order valence-corrected chi connectivity index (χ2v) is 5.27. The third-order valence-electron chi connectivity index (χ3n) is 3.54. The van der Waals surface area contributed by atoms with E-state index in [9.17, 15) is 9.90 Å². The molecule has 1 aliphatic rings. The van der Waals surface area contributed by atoms with Crippen molar-refractivity contribution in [3.63, 3.8) is 0 Å². The summed E-state index contributed by atoms with van der Waals surface area (Å²) in [6.07, 6.45) is 6.06. The number of nitrogens with one attached hydrogen (secondary N) is 2. The summed E-state index contributed by atoms with van der Waals surface area (Å²) in [7, 11) is 0. The Morgan fingerprint density at radius 2 is 2.00 bits per heavy atom. The van der Waals surface area contributed by atoms with Crippen LogP contribution in [-0.2, 0) is 4.79 Å². The summed E-state index contributed by atoms with van der Waals surface area (Å²) in [5.41, 5.74) is -0.588. The molecule has 1 rings (SSSR count). The molecule has 0 aliphatic heterocycles. The van der Waals surface area contributed by atoms with Gasteiger partial charge in [-0.3, -0.25) is 4.79 Å². The van der Waals surface area contributed by atoms with Gasteiger partial charge >= 0.3 is 0 Å². The van der Waals surface area contributed by atoms with Crippen molar-refractivity contribution in [1.29, 1.82) is 0 Å². The van der Waals surface area contributed by atoms with E-state index in [1.165, 1.54) is 6.42 Å². The van der Waals surface area contributed by atoms with Crippen molar-refractivity contribution in [1.82, 2.24) is 10.6 Å². The Morgan fingerprint density at radius 3 is 2.59 bits per heavy atom. The number of hydrogen-bond acceptors (Lipinski definition) is 3. The number of carbonyl (C=O) groups excluding carboxylic acids is 1. The van der Waals surface area contributed by atoms with Crippen LogP contribution in [0.2, 0.25) is 0 Å². The fourth-order valence-electron chi connectivity index (χ4n) is 2.22. The van der Waals surface area contributed by atoms with Crippen LogP contribution in [0.4, 0.5) is 0 Å². The Morgan fingerprint density at radius 1 is 1.35 bits per heavy atom. The molecule has 1 unspecified atom stereocenters. The average Bonchev–Trinajstić information content (AvgIpc) is 2.29. The van der Waals surface area contributed by atoms with Crippen molar-refractivity contribution in [2.75, 3.05) is 13.1 Å². The minimum absolute atomic E-state index is 0.0127. The minimum Gasteiger partial charge on any atom is -0.389 e. The van der Waals surface area contributed by atoms with Crippen molar-refractivity contribution in [3.05, 3.63) is 0 Å². The molecule has 4 nitrogen and oxygen atoms in total. The van der Waals surface area contributed by atoms with Gasteiger partial charge in [0.2, 0.25) is 5.91 Å². The van der Waals surface area contributed by atoms with Gasteiger partial charge in [-0.2, -0.15) is 0 Å². The van der Waals surface area contributed by atoms with E-state index in [0.29, 0.717) is 13.1 Å². The highest BCUT2D eigenvalue weighted by molar-refractivity contribution is 5.78. The van der Waals surface area contributed by atoms with E-state index < -0.39 is 5.60 Å². The quantitative estimate of drug-likeness (QED) is 0.655. The van der Waals surface area contributed by atoms with E-state index >= 15 is 0 Å². The van der Waals surface area contributed by atoms with Crippen LogP contribution in [-0.4, -0.2) is 35.7 Å². The lowest BCUT2D eigenvalue weighted by molar-refractivity contribution is -0.121. The SMILES string of the molecule is CCC(C)NC(=O)CNCC1(O)CCCCC1. The van der Waals surface area contributed by atoms with Gasteiger partial charge in [-0.05, 0) is 26.2 Å². The lowest BCUT2D eigenvalue weighted by Crippen LogP contribution is -2.46. The van der Waals surface area contributed by atoms with E-state index in [2.05, 4.69) is 10.6 Å². The van der Waals surface area contributed by atoms with Crippen LogP contribution >= 0.6 is 0 Å². The predicted molar refractivity (Wildman–Crippen MR) is 68.8 cm³/mol. The van der Waals surface area contributed by atoms with Gasteiger partial charge in [-0.1, -0.05) is 26.2 Å². The van der Waals surface area contributed by atoms with Gasteiger partial charge in [-0.25, -0.2) is 0 Å². The minimum atomic E-state index is -0.588. The zero-order valence-electron chi connectivity index (χ0n) is 11.1. The number of rotatable bonds is 6. The predicted octanol–water partition coefficient (Wildman–Crippen LogP) is 1.19. The van der Waals surface area contributed by atoms with Crippen molar-refractivity contribution in [3.8, 4) is 0 Å². The van der Waals surface area contributed by atoms with Crippen molar-refractivity contribution in [2.45, 2.75) is 64.0 Å². The summed E-state index contributed by atoms with van der Waals surface area (Å²) in [4.78, 5) is 11.5. The number of amides is 1. The van der Waals surface area contributed by atoms with E-state index in [-0.39, 0.29) is 11.9 Å². The molecule has 17 heavy (non-hydrogen) atoms. The van der Waals surface area contributed by atoms with Gasteiger partial charge in [0.15, 0.2) is 0 Å². The lowest BCUT2D eigenvalue weighted by atomic mass is 9.85. The lowest BCUT2D eigenvalue weighted by Gasteiger charge is -2.32. The molecule has 0 aromatic carbocycles. The van der Waals surface area contributed by atoms with Crippen molar-refractivity contribution >= 4 is 5.91 Å². The van der Waals surface area contributed by atoms with Crippen LogP contribution in [0, 0.1) is 0 Å². The van der Waals surface area contributed by atoms with Crippen LogP contribution in [0.5, 0.6) is 0 Å². The molecule has 0 radical (unpaired) electrons. The van der Waals surface area contributed by atoms with Crippen LogP contribution in [0.3, 0.4) is 0 Å². The number of hydrogen-bond donors (Lipinski definition) is 3. The summed E-state index contributed by atoms with van der Waals surface area (Å²) in [5, 5.41) is 16.2. The molecule has 0 heterocycles. The normalized spacial score (nSPS) is 20.9. The molecular weight excluding hydrogens is 216 g/mol. The first-order valence-electron chi connectivity index (χ1n) is 6.78. The molecule has 0 bridgehead atoms. The van der Waals surface area contributed by atoms with Crippen LogP contribution in [0.25, 0.3) is 0 Å². The summed E-state index contributed by atoms with van der Waals surface area (Å²) in [6.45, 7) is 4.86. The Labute approximate surface area is 104 Å². The first kappa shape index (κ1) is 14.5. The fraction of sp³-hybridized carbons (Fsp3) is 0.923. The second kappa shape index (κ2) is 6.97. The van der Waals surface area contributed by atoms with Gasteiger partial charge in [0, 0.05) is 12.6 Å². The third kappa shape index (κ3) is 5.50. The zero-order chi connectivity index (χ0) is 12.7. The monoisotopic (exact) mass is 242 g/mol. The van der Waals surface area contributed by atoms with E-state index in [1.54, 1.807) is 0 Å². The molecule has 1 fully saturated rings. The van der Waals surface area contributed by atoms with E-state index in [1.807, 2.05) is 13.8 Å². The first-order chi connectivity index (χ1) is 8.06. The first-order valence-corrected chi connectivity index (χ1v) is 6.78. The number of aliphatic hydroxyl groups is 1. The smallest absolute Gasteiger partial charge is 0.234 e. The second-order valence-electron chi connectivity index (χ2n) is 5.27. The maximum atomic E-state index is 11.5. The molecule has 0 saturated heterocycles. The molecule has 1 atom stereocenters. The van der Waals surface area contributed by atoms with E-state index in [0.717, 1.165) is 32.1 Å². The highest BCUT2D eigenvalue weighted by atomic mass is 16.3. The van der Waals surface area contributed by atoms with Crippen LogP contribution in [0.1, 0.15) is 52.4 Å². The van der Waals surface area contributed by atoms with Gasteiger partial charge < -0.3 is 15.7 Å². The van der Waals surface area contributed by atoms with Gasteiger partial charge in [0.05, 0.1) is 12.1 Å². The molecule has 1 saturated carbocycles. The number of carbonyl (C=O) groups is 1. The standard InChI is InChI=1S/C13H26N2O2/c1-3-11(2)15-12(16)9-14-10-13(17)7-5-4-6-8-13/h11,14,17H,3-10H2,1-2H3,(H,15,16). The maximum absolute atomic E-state index is 11.5. The molecule has 1 aliphatic carbocycles.